The zero-order valence-corrected chi connectivity index (χ0v) is 22.4. The van der Waals surface area contributed by atoms with Crippen molar-refractivity contribution in [3.8, 4) is 5.75 Å². The van der Waals surface area contributed by atoms with Crippen LogP contribution in [0.4, 0.5) is 5.69 Å². The third-order valence-electron chi connectivity index (χ3n) is 5.28. The number of nitrogens with one attached hydrogen (secondary N) is 2. The number of sulfonamides is 1. The van der Waals surface area contributed by atoms with Gasteiger partial charge in [-0.2, -0.15) is 4.31 Å². The maximum atomic E-state index is 12.8. The second kappa shape index (κ2) is 15.2. The third kappa shape index (κ3) is 9.22. The number of benzene rings is 2. The van der Waals surface area contributed by atoms with E-state index in [0.29, 0.717) is 17.9 Å². The second-order valence-corrected chi connectivity index (χ2v) is 10.5. The highest BCUT2D eigenvalue weighted by Gasteiger charge is 2.22. The van der Waals surface area contributed by atoms with Crippen molar-refractivity contribution >= 4 is 38.9 Å². The molecule has 0 heterocycles. The van der Waals surface area contributed by atoms with Crippen molar-refractivity contribution in [2.24, 2.45) is 0 Å². The van der Waals surface area contributed by atoms with Crippen molar-refractivity contribution in [1.82, 2.24) is 9.62 Å². The Morgan fingerprint density at radius 2 is 1.58 bits per heavy atom. The molecule has 2 rings (SSSR count). The topological polar surface area (TPSA) is 87.7 Å². The van der Waals surface area contributed by atoms with Crippen LogP contribution in [0.2, 0.25) is 0 Å². The number of unbranched alkanes of at least 4 members (excludes halogenated alkanes) is 4. The third-order valence-corrected chi connectivity index (χ3v) is 7.33. The molecule has 0 bridgehead atoms. The Morgan fingerprint density at radius 1 is 0.972 bits per heavy atom. The number of carbonyl (C=O) groups excluding carboxylic acids is 1. The summed E-state index contributed by atoms with van der Waals surface area (Å²) < 4.78 is 32.6. The number of thiocarbonyl (C=S) groups is 1. The summed E-state index contributed by atoms with van der Waals surface area (Å²) in [5, 5.41) is 5.62. The molecule has 1 amide bonds. The normalized spacial score (nSPS) is 11.1. The molecule has 7 nitrogen and oxygen atoms in total. The van der Waals surface area contributed by atoms with E-state index >= 15 is 0 Å². The minimum Gasteiger partial charge on any atom is -0.494 e. The number of rotatable bonds is 15. The molecule has 194 valence electrons. The first-order chi connectivity index (χ1) is 17.3. The summed E-state index contributed by atoms with van der Waals surface area (Å²) in [6.45, 7) is 10.4. The van der Waals surface area contributed by atoms with Gasteiger partial charge in [-0.3, -0.25) is 10.1 Å². The summed E-state index contributed by atoms with van der Waals surface area (Å²) in [6, 6.07) is 13.0. The molecule has 0 spiro atoms. The molecule has 2 aromatic rings. The van der Waals surface area contributed by atoms with Gasteiger partial charge in [0.1, 0.15) is 5.75 Å². The highest BCUT2D eigenvalue weighted by atomic mass is 32.2. The van der Waals surface area contributed by atoms with Crippen molar-refractivity contribution in [2.75, 3.05) is 25.0 Å². The van der Waals surface area contributed by atoms with Crippen molar-refractivity contribution in [1.29, 1.82) is 0 Å². The molecule has 0 aliphatic heterocycles. The maximum Gasteiger partial charge on any atom is 0.257 e. The van der Waals surface area contributed by atoms with Gasteiger partial charge in [0.15, 0.2) is 5.11 Å². The van der Waals surface area contributed by atoms with Gasteiger partial charge in [-0.15, -0.1) is 13.2 Å². The smallest absolute Gasteiger partial charge is 0.257 e. The Morgan fingerprint density at radius 3 is 2.17 bits per heavy atom. The van der Waals surface area contributed by atoms with Gasteiger partial charge < -0.3 is 10.1 Å². The van der Waals surface area contributed by atoms with Gasteiger partial charge in [-0.05, 0) is 67.2 Å². The van der Waals surface area contributed by atoms with Crippen LogP contribution >= 0.6 is 12.2 Å². The van der Waals surface area contributed by atoms with E-state index in [0.717, 1.165) is 18.6 Å². The number of anilines is 1. The maximum absolute atomic E-state index is 12.8. The molecule has 0 radical (unpaired) electrons. The second-order valence-electron chi connectivity index (χ2n) is 8.12. The molecule has 2 aromatic carbocycles. The van der Waals surface area contributed by atoms with Gasteiger partial charge in [-0.1, -0.05) is 44.8 Å². The van der Waals surface area contributed by atoms with Gasteiger partial charge in [0.25, 0.3) is 5.91 Å². The fourth-order valence-corrected chi connectivity index (χ4v) is 4.95. The van der Waals surface area contributed by atoms with E-state index in [9.17, 15) is 13.2 Å². The molecule has 36 heavy (non-hydrogen) atoms. The van der Waals surface area contributed by atoms with Crippen LogP contribution in [-0.4, -0.2) is 43.4 Å². The van der Waals surface area contributed by atoms with E-state index in [-0.39, 0.29) is 29.0 Å². The van der Waals surface area contributed by atoms with Crippen LogP contribution in [0, 0.1) is 0 Å². The fraction of sp³-hybridized carbons (Fsp3) is 0.333. The van der Waals surface area contributed by atoms with Crippen LogP contribution < -0.4 is 15.4 Å². The molecule has 0 saturated carbocycles. The largest absolute Gasteiger partial charge is 0.494 e. The van der Waals surface area contributed by atoms with E-state index in [1.807, 2.05) is 0 Å². The fourth-order valence-electron chi connectivity index (χ4n) is 3.35. The number of carbonyl (C=O) groups is 1. The van der Waals surface area contributed by atoms with Crippen molar-refractivity contribution in [3.05, 3.63) is 79.4 Å². The Hall–Kier alpha value is -3.01. The first-order valence-corrected chi connectivity index (χ1v) is 13.8. The monoisotopic (exact) mass is 529 g/mol. The van der Waals surface area contributed by atoms with Crippen LogP contribution in [0.15, 0.2) is 78.7 Å². The van der Waals surface area contributed by atoms with E-state index in [1.54, 1.807) is 36.4 Å². The van der Waals surface area contributed by atoms with Crippen LogP contribution in [0.3, 0.4) is 0 Å². The molecule has 0 atom stereocenters. The minimum atomic E-state index is -3.69. The number of nitrogens with zero attached hydrogens (tertiary/aromatic N) is 1. The average molecular weight is 530 g/mol. The Labute approximate surface area is 220 Å². The predicted octanol–water partition coefficient (Wildman–Crippen LogP) is 5.53. The first kappa shape index (κ1) is 29.2. The zero-order valence-electron chi connectivity index (χ0n) is 20.7. The molecule has 0 aromatic heterocycles. The van der Waals surface area contributed by atoms with Gasteiger partial charge in [0.2, 0.25) is 10.0 Å². The molecule has 0 aliphatic carbocycles. The molecule has 0 aliphatic rings. The highest BCUT2D eigenvalue weighted by molar-refractivity contribution is 7.89. The lowest BCUT2D eigenvalue weighted by Crippen LogP contribution is -2.34. The van der Waals surface area contributed by atoms with E-state index in [1.165, 1.54) is 47.9 Å². The van der Waals surface area contributed by atoms with E-state index in [4.69, 9.17) is 17.0 Å². The zero-order chi connectivity index (χ0) is 26.4. The summed E-state index contributed by atoms with van der Waals surface area (Å²) in [6.07, 6.45) is 8.89. The highest BCUT2D eigenvalue weighted by Crippen LogP contribution is 2.19. The van der Waals surface area contributed by atoms with Gasteiger partial charge in [0.05, 0.1) is 11.5 Å². The van der Waals surface area contributed by atoms with Crippen LogP contribution in [0.5, 0.6) is 5.75 Å². The van der Waals surface area contributed by atoms with Crippen LogP contribution in [-0.2, 0) is 10.0 Å². The minimum absolute atomic E-state index is 0.1000. The predicted molar refractivity (Wildman–Crippen MR) is 150 cm³/mol. The lowest BCUT2D eigenvalue weighted by atomic mass is 10.2. The molecule has 9 heteroatoms. The summed E-state index contributed by atoms with van der Waals surface area (Å²) in [5.41, 5.74) is 0.987. The molecule has 2 N–H and O–H groups in total. The van der Waals surface area contributed by atoms with Crippen molar-refractivity contribution in [3.63, 3.8) is 0 Å². The Kier molecular flexibility index (Phi) is 12.3. The summed E-state index contributed by atoms with van der Waals surface area (Å²) in [5.74, 6) is 0.361. The van der Waals surface area contributed by atoms with E-state index < -0.39 is 10.0 Å². The standard InChI is InChI=1S/C27H35N3O4S2/c1-4-7-8-9-10-21-34-24-15-11-22(12-16-24)26(31)29-27(35)28-23-13-17-25(18-14-23)36(32,33)30(19-5-2)20-6-3/h5-6,11-18H,2-4,7-10,19-21H2,1H3,(H2,28,29,31,35). The van der Waals surface area contributed by atoms with Gasteiger partial charge >= 0.3 is 0 Å². The first-order valence-electron chi connectivity index (χ1n) is 12.0. The molecule has 0 saturated heterocycles. The quantitative estimate of drug-likeness (QED) is 0.179. The molecular weight excluding hydrogens is 494 g/mol. The number of hydrogen-bond acceptors (Lipinski definition) is 5. The SMILES string of the molecule is C=CCN(CC=C)S(=O)(=O)c1ccc(NC(=S)NC(=O)c2ccc(OCCCCCCC)cc2)cc1. The lowest BCUT2D eigenvalue weighted by molar-refractivity contribution is 0.0977. The molecular formula is C27H35N3O4S2. The summed E-state index contributed by atoms with van der Waals surface area (Å²) >= 11 is 5.24. The van der Waals surface area contributed by atoms with Crippen LogP contribution in [0.25, 0.3) is 0 Å². The van der Waals surface area contributed by atoms with Gasteiger partial charge in [0, 0.05) is 24.3 Å². The Balaban J connectivity index is 1.88. The summed E-state index contributed by atoms with van der Waals surface area (Å²) in [4.78, 5) is 12.7. The van der Waals surface area contributed by atoms with E-state index in [2.05, 4.69) is 30.7 Å². The molecule has 0 unspecified atom stereocenters. The van der Waals surface area contributed by atoms with Gasteiger partial charge in [-0.25, -0.2) is 8.42 Å². The van der Waals surface area contributed by atoms with Crippen LogP contribution in [0.1, 0.15) is 49.4 Å². The average Bonchev–Trinajstić information content (AvgIpc) is 2.86. The van der Waals surface area contributed by atoms with Crippen molar-refractivity contribution < 1.29 is 17.9 Å². The number of hydrogen-bond donors (Lipinski definition) is 2. The number of ether oxygens (including phenoxy) is 1. The number of amides is 1. The summed E-state index contributed by atoms with van der Waals surface area (Å²) in [7, 11) is -3.69. The lowest BCUT2D eigenvalue weighted by Gasteiger charge is -2.19. The Bertz CT molecular complexity index is 1100. The molecule has 0 fully saturated rings. The van der Waals surface area contributed by atoms with Crippen molar-refractivity contribution in [2.45, 2.75) is 43.9 Å².